The summed E-state index contributed by atoms with van der Waals surface area (Å²) in [5.41, 5.74) is 0.990. The molecule has 1 amide bonds. The number of alkyl halides is 3. The summed E-state index contributed by atoms with van der Waals surface area (Å²) in [4.78, 5) is 17.3. The van der Waals surface area contributed by atoms with E-state index in [-0.39, 0.29) is 24.2 Å². The Morgan fingerprint density at radius 2 is 1.86 bits per heavy atom. The first kappa shape index (κ1) is 27.1. The number of benzene rings is 2. The van der Waals surface area contributed by atoms with Crippen molar-refractivity contribution in [3.05, 3.63) is 75.5 Å². The van der Waals surface area contributed by atoms with Crippen LogP contribution < -0.4 is 9.64 Å². The highest BCUT2D eigenvalue weighted by Crippen LogP contribution is 2.35. The average molecular weight is 555 g/mol. The lowest BCUT2D eigenvalue weighted by Gasteiger charge is -2.43. The predicted octanol–water partition coefficient (Wildman–Crippen LogP) is 5.88. The predicted molar refractivity (Wildman–Crippen MR) is 137 cm³/mol. The number of halogens is 5. The number of hydrogen-bond acceptors (Lipinski definition) is 4. The molecule has 0 saturated carbocycles. The maximum Gasteiger partial charge on any atom is 0.436 e. The fourth-order valence-electron chi connectivity index (χ4n) is 4.57. The molecule has 2 heterocycles. The van der Waals surface area contributed by atoms with E-state index in [0.29, 0.717) is 36.8 Å². The fourth-order valence-corrected chi connectivity index (χ4v) is 5.00. The molecule has 1 atom stereocenters. The van der Waals surface area contributed by atoms with E-state index in [9.17, 15) is 18.0 Å². The molecule has 0 bridgehead atoms. The molecule has 2 aromatic carbocycles. The zero-order valence-corrected chi connectivity index (χ0v) is 21.9. The summed E-state index contributed by atoms with van der Waals surface area (Å²) in [6.07, 6.45) is -3.26. The van der Waals surface area contributed by atoms with Gasteiger partial charge < -0.3 is 14.5 Å². The summed E-state index contributed by atoms with van der Waals surface area (Å²) in [5.74, 6) is 0.257. The van der Waals surface area contributed by atoms with E-state index in [1.54, 1.807) is 18.1 Å². The van der Waals surface area contributed by atoms with Gasteiger partial charge in [0.25, 0.3) is 0 Å². The Balaban J connectivity index is 1.55. The van der Waals surface area contributed by atoms with Crippen LogP contribution in [0.4, 0.5) is 18.9 Å². The minimum absolute atomic E-state index is 0.107. The summed E-state index contributed by atoms with van der Waals surface area (Å²) >= 11 is 12.1. The van der Waals surface area contributed by atoms with Crippen LogP contribution >= 0.6 is 23.2 Å². The van der Waals surface area contributed by atoms with Gasteiger partial charge in [0.1, 0.15) is 12.3 Å². The number of carbonyl (C=O) groups is 1. The number of aryl methyl sites for hydroxylation is 1. The second-order valence-electron chi connectivity index (χ2n) is 8.93. The lowest BCUT2D eigenvalue weighted by molar-refractivity contribution is -0.142. The summed E-state index contributed by atoms with van der Waals surface area (Å²) in [6.45, 7) is 2.61. The molecule has 37 heavy (non-hydrogen) atoms. The highest BCUT2D eigenvalue weighted by atomic mass is 35.5. The van der Waals surface area contributed by atoms with Gasteiger partial charge in [-0.05, 0) is 37.5 Å². The zero-order chi connectivity index (χ0) is 26.7. The third-order valence-electron chi connectivity index (χ3n) is 6.60. The van der Waals surface area contributed by atoms with Crippen LogP contribution in [0.25, 0.3) is 0 Å². The largest absolute Gasteiger partial charge is 0.495 e. The molecular weight excluding hydrogens is 528 g/mol. The minimum atomic E-state index is -4.69. The number of hydrogen-bond donors (Lipinski definition) is 0. The lowest BCUT2D eigenvalue weighted by atomic mass is 10.0. The smallest absolute Gasteiger partial charge is 0.436 e. The van der Waals surface area contributed by atoms with E-state index in [1.165, 1.54) is 6.92 Å². The van der Waals surface area contributed by atoms with Gasteiger partial charge in [-0.25, -0.2) is 0 Å². The first-order valence-corrected chi connectivity index (χ1v) is 12.6. The van der Waals surface area contributed by atoms with Crippen LogP contribution in [0, 0.1) is 6.92 Å². The van der Waals surface area contributed by atoms with E-state index < -0.39 is 16.9 Å². The molecule has 3 aromatic rings. The van der Waals surface area contributed by atoms with Crippen LogP contribution in [0.15, 0.2) is 48.5 Å². The molecule has 0 radical (unpaired) electrons. The number of nitrogens with zero attached hydrogens (tertiary/aromatic N) is 4. The Labute approximate surface area is 223 Å². The van der Waals surface area contributed by atoms with Crippen LogP contribution in [0.2, 0.25) is 10.0 Å². The minimum Gasteiger partial charge on any atom is -0.495 e. The Morgan fingerprint density at radius 3 is 2.51 bits per heavy atom. The molecule has 4 rings (SSSR count). The van der Waals surface area contributed by atoms with Gasteiger partial charge in [-0.1, -0.05) is 53.5 Å². The highest BCUT2D eigenvalue weighted by Gasteiger charge is 2.39. The van der Waals surface area contributed by atoms with Crippen LogP contribution in [0.1, 0.15) is 23.4 Å². The quantitative estimate of drug-likeness (QED) is 0.366. The van der Waals surface area contributed by atoms with E-state index in [4.69, 9.17) is 27.9 Å². The topological polar surface area (TPSA) is 50.6 Å². The molecule has 0 spiro atoms. The van der Waals surface area contributed by atoms with Gasteiger partial charge in [-0.2, -0.15) is 18.3 Å². The number of anilines is 1. The maximum atomic E-state index is 13.4. The number of rotatable bonds is 7. The van der Waals surface area contributed by atoms with Gasteiger partial charge in [0.2, 0.25) is 5.91 Å². The Bertz CT molecular complexity index is 1250. The molecule has 1 aromatic heterocycles. The van der Waals surface area contributed by atoms with Gasteiger partial charge in [0.05, 0.1) is 22.8 Å². The number of ether oxygens (including phenoxy) is 1. The molecule has 1 unspecified atom stereocenters. The highest BCUT2D eigenvalue weighted by molar-refractivity contribution is 6.32. The van der Waals surface area contributed by atoms with Gasteiger partial charge >= 0.3 is 6.18 Å². The second-order valence-corrected chi connectivity index (χ2v) is 9.72. The fraction of sp³-hybridized carbons (Fsp3) is 0.385. The normalized spacial score (nSPS) is 16.2. The Hall–Kier alpha value is -2.91. The molecule has 198 valence electrons. The zero-order valence-electron chi connectivity index (χ0n) is 20.4. The van der Waals surface area contributed by atoms with Crippen molar-refractivity contribution < 1.29 is 22.7 Å². The number of amides is 1. The Morgan fingerprint density at radius 1 is 1.14 bits per heavy atom. The van der Waals surface area contributed by atoms with Gasteiger partial charge in [0.15, 0.2) is 5.69 Å². The molecule has 1 fully saturated rings. The van der Waals surface area contributed by atoms with Crippen LogP contribution in [-0.2, 0) is 23.9 Å². The second kappa shape index (κ2) is 11.2. The van der Waals surface area contributed by atoms with Crippen LogP contribution in [0.5, 0.6) is 5.75 Å². The summed E-state index contributed by atoms with van der Waals surface area (Å²) in [7, 11) is 1.55. The number of carbonyl (C=O) groups excluding carboxylic acids is 1. The van der Waals surface area contributed by atoms with Crippen molar-refractivity contribution in [1.29, 1.82) is 0 Å². The number of methoxy groups -OCH3 is 1. The molecular formula is C26H27Cl2F3N4O2. The molecule has 1 saturated heterocycles. The summed E-state index contributed by atoms with van der Waals surface area (Å²) in [5, 5.41) is 3.62. The third kappa shape index (κ3) is 6.15. The van der Waals surface area contributed by atoms with Crippen molar-refractivity contribution in [1.82, 2.24) is 14.7 Å². The van der Waals surface area contributed by atoms with Crippen LogP contribution in [0.3, 0.4) is 0 Å². The van der Waals surface area contributed by atoms with Crippen molar-refractivity contribution in [3.63, 3.8) is 0 Å². The molecule has 11 heteroatoms. The van der Waals surface area contributed by atoms with Crippen molar-refractivity contribution >= 4 is 34.8 Å². The molecule has 1 aliphatic heterocycles. The van der Waals surface area contributed by atoms with Crippen molar-refractivity contribution in [3.8, 4) is 5.75 Å². The summed E-state index contributed by atoms with van der Waals surface area (Å²) < 4.78 is 46.2. The Kier molecular flexibility index (Phi) is 8.23. The number of aromatic nitrogens is 2. The first-order valence-electron chi connectivity index (χ1n) is 11.8. The van der Waals surface area contributed by atoms with Gasteiger partial charge in [0, 0.05) is 37.4 Å². The van der Waals surface area contributed by atoms with Gasteiger partial charge in [-0.15, -0.1) is 0 Å². The third-order valence-corrected chi connectivity index (χ3v) is 7.36. The van der Waals surface area contributed by atoms with Crippen molar-refractivity contribution in [2.24, 2.45) is 0 Å². The van der Waals surface area contributed by atoms with E-state index in [1.807, 2.05) is 42.5 Å². The van der Waals surface area contributed by atoms with Crippen LogP contribution in [-0.4, -0.2) is 53.4 Å². The molecule has 6 nitrogen and oxygen atoms in total. The SMILES string of the molecule is COc1cc(N2CCN(C(=O)Cn3nc(C(F)(F)F)c(Cl)c3C)C(CCc3ccccc3)C2)ccc1Cl. The number of piperazine rings is 1. The van der Waals surface area contributed by atoms with E-state index >= 15 is 0 Å². The monoisotopic (exact) mass is 554 g/mol. The average Bonchev–Trinajstić information content (AvgIpc) is 3.17. The molecule has 0 aliphatic carbocycles. The van der Waals surface area contributed by atoms with Crippen molar-refractivity contribution in [2.75, 3.05) is 31.6 Å². The van der Waals surface area contributed by atoms with E-state index in [2.05, 4.69) is 10.00 Å². The molecule has 1 aliphatic rings. The van der Waals surface area contributed by atoms with Crippen molar-refractivity contribution in [2.45, 2.75) is 38.5 Å². The standard InChI is InChI=1S/C26H27Cl2F3N4O2/c1-17-24(28)25(26(29,30)31)32-35(17)16-23(36)34-13-12-33(19-10-11-21(27)22(14-19)37-2)15-20(34)9-8-18-6-4-3-5-7-18/h3-7,10-11,14,20H,8-9,12-13,15-16H2,1-2H3. The lowest BCUT2D eigenvalue weighted by Crippen LogP contribution is -2.56. The van der Waals surface area contributed by atoms with E-state index in [0.717, 1.165) is 22.4 Å². The molecule has 0 N–H and O–H groups in total. The first-order chi connectivity index (χ1) is 17.6. The maximum absolute atomic E-state index is 13.4. The van der Waals surface area contributed by atoms with Gasteiger partial charge in [-0.3, -0.25) is 9.48 Å². The summed E-state index contributed by atoms with van der Waals surface area (Å²) in [6, 6.07) is 15.3.